The third-order valence-corrected chi connectivity index (χ3v) is 8.52. The first-order valence-corrected chi connectivity index (χ1v) is 15.0. The molecule has 2 aliphatic heterocycles. The lowest BCUT2D eigenvalue weighted by Crippen LogP contribution is -2.53. The molecule has 0 N–H and O–H groups in total. The zero-order valence-electron chi connectivity index (χ0n) is 23.5. The second-order valence-corrected chi connectivity index (χ2v) is 11.3. The Hall–Kier alpha value is -2.33. The molecule has 0 radical (unpaired) electrons. The van der Waals surface area contributed by atoms with Crippen molar-refractivity contribution in [3.05, 3.63) is 65.7 Å². The number of benzene rings is 2. The van der Waals surface area contributed by atoms with Gasteiger partial charge in [0.05, 0.1) is 12.3 Å². The lowest BCUT2D eigenvalue weighted by Gasteiger charge is -2.43. The van der Waals surface area contributed by atoms with Gasteiger partial charge in [0.2, 0.25) is 0 Å². The van der Waals surface area contributed by atoms with Gasteiger partial charge in [0.25, 0.3) is 6.43 Å². The number of halogens is 2. The van der Waals surface area contributed by atoms with Crippen molar-refractivity contribution in [2.45, 2.75) is 58.5 Å². The van der Waals surface area contributed by atoms with Crippen molar-refractivity contribution in [2.24, 2.45) is 10.2 Å². The lowest BCUT2D eigenvalue weighted by atomic mass is 9.91. The molecule has 2 fully saturated rings. The van der Waals surface area contributed by atoms with Crippen LogP contribution in [0.15, 0.2) is 64.8 Å². The Kier molecular flexibility index (Phi) is 11.3. The van der Waals surface area contributed by atoms with E-state index in [1.807, 2.05) is 32.0 Å². The van der Waals surface area contributed by atoms with Crippen LogP contribution in [0.2, 0.25) is 0 Å². The summed E-state index contributed by atoms with van der Waals surface area (Å²) in [6.45, 7) is 11.5. The van der Waals surface area contributed by atoms with Gasteiger partial charge in [-0.25, -0.2) is 13.1 Å². The molecule has 0 aromatic heterocycles. The number of alkyl halides is 2. The van der Waals surface area contributed by atoms with Crippen LogP contribution >= 0.6 is 12.1 Å². The smallest absolute Gasteiger partial charge is 0.278 e. The SMILES string of the molecule is CC.CN(CCN1CCN(C2CCC2)CC1)SN(Cc1ccc(C2=NN=C(C(F)F)C2)cc1)c1ccccc1. The van der Waals surface area contributed by atoms with Gasteiger partial charge >= 0.3 is 0 Å². The summed E-state index contributed by atoms with van der Waals surface area (Å²) in [6, 6.07) is 19.3. The van der Waals surface area contributed by atoms with Gasteiger partial charge in [-0.3, -0.25) is 14.1 Å². The molecule has 2 heterocycles. The fourth-order valence-electron chi connectivity index (χ4n) is 4.97. The van der Waals surface area contributed by atoms with Crippen LogP contribution in [-0.2, 0) is 6.54 Å². The Balaban J connectivity index is 0.00000172. The van der Waals surface area contributed by atoms with E-state index in [0.29, 0.717) is 5.71 Å². The van der Waals surface area contributed by atoms with Crippen LogP contribution in [0.5, 0.6) is 0 Å². The number of para-hydroxylation sites is 1. The van der Waals surface area contributed by atoms with Crippen LogP contribution in [0.4, 0.5) is 14.5 Å². The molecule has 39 heavy (non-hydrogen) atoms. The van der Waals surface area contributed by atoms with Crippen LogP contribution < -0.4 is 4.31 Å². The van der Waals surface area contributed by atoms with E-state index in [1.165, 1.54) is 45.4 Å². The van der Waals surface area contributed by atoms with Crippen molar-refractivity contribution in [3.8, 4) is 0 Å². The highest BCUT2D eigenvalue weighted by atomic mass is 32.2. The van der Waals surface area contributed by atoms with Gasteiger partial charge in [0.15, 0.2) is 0 Å². The molecule has 2 aromatic carbocycles. The molecule has 0 atom stereocenters. The zero-order valence-corrected chi connectivity index (χ0v) is 24.3. The molecule has 1 aliphatic carbocycles. The van der Waals surface area contributed by atoms with E-state index in [9.17, 15) is 8.78 Å². The molecule has 0 spiro atoms. The second kappa shape index (κ2) is 14.9. The summed E-state index contributed by atoms with van der Waals surface area (Å²) >= 11 is 1.74. The van der Waals surface area contributed by atoms with Crippen LogP contribution in [0.3, 0.4) is 0 Å². The normalized spacial score (nSPS) is 18.4. The predicted molar refractivity (Wildman–Crippen MR) is 161 cm³/mol. The lowest BCUT2D eigenvalue weighted by molar-refractivity contribution is 0.0609. The summed E-state index contributed by atoms with van der Waals surface area (Å²) in [6.07, 6.45) is 1.75. The van der Waals surface area contributed by atoms with E-state index in [1.54, 1.807) is 12.1 Å². The zero-order chi connectivity index (χ0) is 27.6. The standard InChI is InChI=1S/C28H36F2N6S.C2H6/c1-33(14-15-34-16-18-35(19-17-34)24-8-5-9-24)37-36(25-6-3-2-4-7-25)21-22-10-12-23(13-11-22)26-20-27(28(29)30)32-31-26;1-2/h2-4,6-7,10-13,24,28H,5,8-9,14-21H2,1H3;1-2H3. The number of piperazine rings is 1. The van der Waals surface area contributed by atoms with Crippen LogP contribution in [-0.4, -0.2) is 84.3 Å². The van der Waals surface area contributed by atoms with Gasteiger partial charge < -0.3 is 0 Å². The highest BCUT2D eigenvalue weighted by Crippen LogP contribution is 2.28. The molecular weight excluding hydrogens is 514 g/mol. The Labute approximate surface area is 237 Å². The van der Waals surface area contributed by atoms with E-state index < -0.39 is 6.43 Å². The fourth-order valence-corrected chi connectivity index (χ4v) is 5.90. The van der Waals surface area contributed by atoms with Crippen molar-refractivity contribution in [3.63, 3.8) is 0 Å². The molecule has 0 bridgehead atoms. The Morgan fingerprint density at radius 1 is 0.949 bits per heavy atom. The number of hydrogen-bond acceptors (Lipinski definition) is 7. The molecule has 6 nitrogen and oxygen atoms in total. The Morgan fingerprint density at radius 2 is 1.64 bits per heavy atom. The predicted octanol–water partition coefficient (Wildman–Crippen LogP) is 6.20. The first kappa shape index (κ1) is 29.6. The quantitative estimate of drug-likeness (QED) is 0.308. The number of rotatable bonds is 11. The van der Waals surface area contributed by atoms with Gasteiger partial charge in [-0.2, -0.15) is 10.2 Å². The summed E-state index contributed by atoms with van der Waals surface area (Å²) in [7, 11) is 2.16. The van der Waals surface area contributed by atoms with Gasteiger partial charge in [0, 0.05) is 69.6 Å². The molecule has 9 heteroatoms. The van der Waals surface area contributed by atoms with Crippen molar-refractivity contribution in [2.75, 3.05) is 50.6 Å². The number of hydrogen-bond donors (Lipinski definition) is 0. The summed E-state index contributed by atoms with van der Waals surface area (Å²) in [5.41, 5.74) is 3.58. The van der Waals surface area contributed by atoms with Crippen molar-refractivity contribution in [1.82, 2.24) is 14.1 Å². The van der Waals surface area contributed by atoms with Crippen LogP contribution in [0.25, 0.3) is 0 Å². The van der Waals surface area contributed by atoms with E-state index in [0.717, 1.165) is 42.5 Å². The molecule has 1 saturated carbocycles. The van der Waals surface area contributed by atoms with E-state index in [4.69, 9.17) is 0 Å². The number of nitrogens with zero attached hydrogens (tertiary/aromatic N) is 6. The molecule has 212 valence electrons. The highest BCUT2D eigenvalue weighted by Gasteiger charge is 2.28. The monoisotopic (exact) mass is 556 g/mol. The third kappa shape index (κ3) is 8.33. The number of likely N-dealkylation sites (N-methyl/N-ethyl adjacent to an activating group) is 1. The van der Waals surface area contributed by atoms with Gasteiger partial charge in [-0.15, -0.1) is 0 Å². The maximum atomic E-state index is 12.9. The van der Waals surface area contributed by atoms with Crippen molar-refractivity contribution < 1.29 is 8.78 Å². The fraction of sp³-hybridized carbons (Fsp3) is 0.533. The minimum Gasteiger partial charge on any atom is -0.299 e. The molecule has 5 rings (SSSR count). The summed E-state index contributed by atoms with van der Waals surface area (Å²) in [4.78, 5) is 5.28. The molecule has 0 unspecified atom stereocenters. The van der Waals surface area contributed by atoms with Gasteiger partial charge in [0.1, 0.15) is 5.71 Å². The minimum atomic E-state index is -2.55. The Morgan fingerprint density at radius 3 is 2.23 bits per heavy atom. The second-order valence-electron chi connectivity index (χ2n) is 10.1. The first-order chi connectivity index (χ1) is 19.0. The van der Waals surface area contributed by atoms with Gasteiger partial charge in [-0.1, -0.05) is 62.7 Å². The number of anilines is 1. The molecular formula is C30H42F2N6S. The van der Waals surface area contributed by atoms with E-state index in [2.05, 4.69) is 72.1 Å². The van der Waals surface area contributed by atoms with Crippen molar-refractivity contribution in [1.29, 1.82) is 0 Å². The van der Waals surface area contributed by atoms with Crippen LogP contribution in [0.1, 0.15) is 50.7 Å². The maximum Gasteiger partial charge on any atom is 0.278 e. The summed E-state index contributed by atoms with van der Waals surface area (Å²) < 4.78 is 30.4. The van der Waals surface area contributed by atoms with Crippen molar-refractivity contribution >= 4 is 29.2 Å². The first-order valence-electron chi connectivity index (χ1n) is 14.2. The molecule has 3 aliphatic rings. The molecule has 1 saturated heterocycles. The van der Waals surface area contributed by atoms with E-state index in [-0.39, 0.29) is 12.1 Å². The van der Waals surface area contributed by atoms with E-state index >= 15 is 0 Å². The maximum absolute atomic E-state index is 12.9. The van der Waals surface area contributed by atoms with Gasteiger partial charge in [-0.05, 0) is 43.1 Å². The highest BCUT2D eigenvalue weighted by molar-refractivity contribution is 7.98. The molecule has 2 aromatic rings. The average molecular weight is 557 g/mol. The minimum absolute atomic E-state index is 0.115. The molecule has 0 amide bonds. The topological polar surface area (TPSA) is 37.7 Å². The average Bonchev–Trinajstić information content (AvgIpc) is 3.44. The van der Waals surface area contributed by atoms with Crippen LogP contribution in [0, 0.1) is 0 Å². The summed E-state index contributed by atoms with van der Waals surface area (Å²) in [5.74, 6) is 0. The largest absolute Gasteiger partial charge is 0.299 e. The third-order valence-electron chi connectivity index (χ3n) is 7.52. The summed E-state index contributed by atoms with van der Waals surface area (Å²) in [5, 5.41) is 7.60. The Bertz CT molecular complexity index is 1070.